The Labute approximate surface area is 86.9 Å². The summed E-state index contributed by atoms with van der Waals surface area (Å²) in [5, 5.41) is 2.89. The number of nitrogens with zero attached hydrogens (tertiary/aromatic N) is 1. The molecule has 2 unspecified atom stereocenters. The van der Waals surface area contributed by atoms with E-state index in [0.717, 1.165) is 12.1 Å². The van der Waals surface area contributed by atoms with Crippen molar-refractivity contribution in [2.24, 2.45) is 5.92 Å². The number of amides is 1. The molecule has 1 N–H and O–H groups in total. The normalized spacial score (nSPS) is 28.1. The number of hydrogen-bond donors (Lipinski definition) is 1. The molecule has 0 radical (unpaired) electrons. The summed E-state index contributed by atoms with van der Waals surface area (Å²) >= 11 is 0. The Bertz CT molecular complexity index is 478. The smallest absolute Gasteiger partial charge is 0.250 e. The third-order valence-corrected chi connectivity index (χ3v) is 3.37. The number of nitrogens with one attached hydrogen (secondary N) is 1. The summed E-state index contributed by atoms with van der Waals surface area (Å²) in [6.07, 6.45) is 0.884. The fourth-order valence-electron chi connectivity index (χ4n) is 2.59. The highest BCUT2D eigenvalue weighted by atomic mass is 16.2. The molecule has 1 saturated heterocycles. The topological polar surface area (TPSA) is 51.1 Å². The largest absolute Gasteiger partial charge is 0.355 e. The van der Waals surface area contributed by atoms with E-state index in [-0.39, 0.29) is 17.4 Å². The highest BCUT2D eigenvalue weighted by Crippen LogP contribution is 2.31. The number of carbonyl (C=O) groups is 1. The van der Waals surface area contributed by atoms with Crippen LogP contribution in [0.1, 0.15) is 18.0 Å². The molecular weight excluding hydrogens is 192 g/mol. The first-order valence-electron chi connectivity index (χ1n) is 5.23. The minimum atomic E-state index is -0.0173. The highest BCUT2D eigenvalue weighted by Gasteiger charge is 2.35. The zero-order valence-electron chi connectivity index (χ0n) is 8.27. The molecule has 1 aromatic rings. The van der Waals surface area contributed by atoms with Crippen LogP contribution in [0.3, 0.4) is 0 Å². The van der Waals surface area contributed by atoms with Crippen LogP contribution in [0.5, 0.6) is 0 Å². The summed E-state index contributed by atoms with van der Waals surface area (Å²) in [7, 11) is 0. The van der Waals surface area contributed by atoms with Gasteiger partial charge in [0.1, 0.15) is 0 Å². The highest BCUT2D eigenvalue weighted by molar-refractivity contribution is 5.80. The van der Waals surface area contributed by atoms with E-state index in [2.05, 4.69) is 5.32 Å². The number of rotatable bonds is 0. The average Bonchev–Trinajstić information content (AvgIpc) is 2.25. The summed E-state index contributed by atoms with van der Waals surface area (Å²) in [4.78, 5) is 23.1. The number of hydrogen-bond acceptors (Lipinski definition) is 2. The van der Waals surface area contributed by atoms with Crippen LogP contribution in [0.4, 0.5) is 0 Å². The van der Waals surface area contributed by atoms with Gasteiger partial charge >= 0.3 is 0 Å². The molecule has 0 spiro atoms. The summed E-state index contributed by atoms with van der Waals surface area (Å²) in [5.41, 5.74) is 1.08. The van der Waals surface area contributed by atoms with Crippen molar-refractivity contribution in [3.63, 3.8) is 0 Å². The van der Waals surface area contributed by atoms with Crippen LogP contribution >= 0.6 is 0 Å². The first-order chi connectivity index (χ1) is 7.25. The van der Waals surface area contributed by atoms with Gasteiger partial charge in [-0.05, 0) is 12.5 Å². The van der Waals surface area contributed by atoms with Crippen LogP contribution in [0.25, 0.3) is 0 Å². The molecule has 3 rings (SSSR count). The molecule has 1 amide bonds. The maximum absolute atomic E-state index is 11.6. The van der Waals surface area contributed by atoms with Crippen LogP contribution in [-0.4, -0.2) is 17.0 Å². The van der Waals surface area contributed by atoms with Gasteiger partial charge in [-0.15, -0.1) is 0 Å². The Morgan fingerprint density at radius 3 is 3.00 bits per heavy atom. The molecule has 2 atom stereocenters. The van der Waals surface area contributed by atoms with Gasteiger partial charge in [-0.25, -0.2) is 0 Å². The Balaban J connectivity index is 2.14. The molecule has 0 aromatic carbocycles. The third-order valence-electron chi connectivity index (χ3n) is 3.37. The van der Waals surface area contributed by atoms with Gasteiger partial charge < -0.3 is 9.88 Å². The first kappa shape index (κ1) is 8.71. The predicted molar refractivity (Wildman–Crippen MR) is 54.6 cm³/mol. The fourth-order valence-corrected chi connectivity index (χ4v) is 2.59. The van der Waals surface area contributed by atoms with E-state index >= 15 is 0 Å². The van der Waals surface area contributed by atoms with Crippen molar-refractivity contribution in [1.82, 2.24) is 9.88 Å². The minimum absolute atomic E-state index is 0.0110. The lowest BCUT2D eigenvalue weighted by Gasteiger charge is -2.36. The van der Waals surface area contributed by atoms with E-state index in [0.29, 0.717) is 19.0 Å². The lowest BCUT2D eigenvalue weighted by atomic mass is 9.84. The van der Waals surface area contributed by atoms with Gasteiger partial charge in [-0.1, -0.05) is 6.07 Å². The van der Waals surface area contributed by atoms with Crippen molar-refractivity contribution in [1.29, 1.82) is 0 Å². The van der Waals surface area contributed by atoms with Crippen molar-refractivity contribution in [2.75, 3.05) is 6.54 Å². The molecule has 2 aliphatic rings. The van der Waals surface area contributed by atoms with Crippen LogP contribution in [0, 0.1) is 5.92 Å². The molecule has 4 nitrogen and oxygen atoms in total. The average molecular weight is 204 g/mol. The Hall–Kier alpha value is -1.58. The van der Waals surface area contributed by atoms with Crippen molar-refractivity contribution in [3.8, 4) is 0 Å². The van der Waals surface area contributed by atoms with Crippen molar-refractivity contribution < 1.29 is 4.79 Å². The summed E-state index contributed by atoms with van der Waals surface area (Å²) in [6, 6.07) is 5.34. The van der Waals surface area contributed by atoms with Crippen LogP contribution in [0.15, 0.2) is 23.0 Å². The van der Waals surface area contributed by atoms with Gasteiger partial charge in [0, 0.05) is 30.8 Å². The number of aromatic nitrogens is 1. The van der Waals surface area contributed by atoms with Crippen molar-refractivity contribution in [2.45, 2.75) is 18.9 Å². The predicted octanol–water partition coefficient (Wildman–Crippen LogP) is 0.0816. The van der Waals surface area contributed by atoms with Crippen molar-refractivity contribution in [3.05, 3.63) is 34.2 Å². The second kappa shape index (κ2) is 2.95. The van der Waals surface area contributed by atoms with Gasteiger partial charge in [-0.2, -0.15) is 0 Å². The van der Waals surface area contributed by atoms with Crippen LogP contribution < -0.4 is 10.9 Å². The van der Waals surface area contributed by atoms with Gasteiger partial charge in [0.05, 0.1) is 5.92 Å². The lowest BCUT2D eigenvalue weighted by molar-refractivity contribution is -0.128. The molecule has 2 aliphatic heterocycles. The van der Waals surface area contributed by atoms with Gasteiger partial charge in [0.15, 0.2) is 0 Å². The monoisotopic (exact) mass is 204 g/mol. The maximum Gasteiger partial charge on any atom is 0.250 e. The minimum Gasteiger partial charge on any atom is -0.355 e. The molecule has 15 heavy (non-hydrogen) atoms. The van der Waals surface area contributed by atoms with E-state index in [1.54, 1.807) is 16.7 Å². The fraction of sp³-hybridized carbons (Fsp3) is 0.455. The summed E-state index contributed by atoms with van der Waals surface area (Å²) in [5.74, 6) is 0.388. The molecule has 1 aromatic heterocycles. The van der Waals surface area contributed by atoms with Crippen molar-refractivity contribution >= 4 is 5.91 Å². The number of carbonyl (C=O) groups excluding carboxylic acids is 1. The summed E-state index contributed by atoms with van der Waals surface area (Å²) in [6.45, 7) is 1.20. The standard InChI is InChI=1S/C11H12N2O2/c14-10-3-1-2-9-7-4-8(6-13(9)10)11(15)12-5-7/h1-3,7-8H,4-6H2,(H,12,15). The van der Waals surface area contributed by atoms with E-state index < -0.39 is 0 Å². The molecule has 78 valence electrons. The first-order valence-corrected chi connectivity index (χ1v) is 5.23. The Morgan fingerprint density at radius 1 is 1.27 bits per heavy atom. The van der Waals surface area contributed by atoms with Gasteiger partial charge in [-0.3, -0.25) is 9.59 Å². The number of fused-ring (bicyclic) bond motifs is 4. The summed E-state index contributed by atoms with van der Waals surface area (Å²) < 4.78 is 1.75. The Morgan fingerprint density at radius 2 is 2.13 bits per heavy atom. The lowest BCUT2D eigenvalue weighted by Crippen LogP contribution is -2.48. The second-order valence-corrected chi connectivity index (χ2v) is 4.27. The molecule has 0 saturated carbocycles. The maximum atomic E-state index is 11.6. The van der Waals surface area contributed by atoms with E-state index in [9.17, 15) is 9.59 Å². The molecule has 4 heteroatoms. The molecular formula is C11H12N2O2. The zero-order valence-corrected chi connectivity index (χ0v) is 8.27. The van der Waals surface area contributed by atoms with E-state index in [1.165, 1.54) is 0 Å². The second-order valence-electron chi connectivity index (χ2n) is 4.27. The molecule has 3 heterocycles. The quantitative estimate of drug-likeness (QED) is 0.650. The third kappa shape index (κ3) is 1.21. The van der Waals surface area contributed by atoms with Crippen LogP contribution in [0.2, 0.25) is 0 Å². The zero-order chi connectivity index (χ0) is 10.4. The molecule has 2 bridgehead atoms. The Kier molecular flexibility index (Phi) is 1.71. The molecule has 0 aliphatic carbocycles. The van der Waals surface area contributed by atoms with E-state index in [4.69, 9.17) is 0 Å². The van der Waals surface area contributed by atoms with Gasteiger partial charge in [0.25, 0.3) is 5.56 Å². The van der Waals surface area contributed by atoms with Crippen LogP contribution in [-0.2, 0) is 11.3 Å². The number of piperidine rings is 1. The number of pyridine rings is 1. The SMILES string of the molecule is O=C1NCC2CC1Cn1c2cccc1=O. The van der Waals surface area contributed by atoms with E-state index in [1.807, 2.05) is 6.07 Å². The molecule has 1 fully saturated rings. The van der Waals surface area contributed by atoms with Gasteiger partial charge in [0.2, 0.25) is 5.91 Å².